The van der Waals surface area contributed by atoms with Crippen molar-refractivity contribution in [1.82, 2.24) is 25.2 Å². The highest BCUT2D eigenvalue weighted by Gasteiger charge is 2.52. The Balaban J connectivity index is 1.26. The molecule has 140 valence electrons. The topological polar surface area (TPSA) is 85.4 Å². The summed E-state index contributed by atoms with van der Waals surface area (Å²) in [7, 11) is 1.99. The molecule has 0 aliphatic carbocycles. The predicted octanol–water partition coefficient (Wildman–Crippen LogP) is 1.13. The average molecular weight is 359 g/mol. The Morgan fingerprint density at radius 2 is 2.31 bits per heavy atom. The number of hydrogen-bond acceptors (Lipinski definition) is 6. The molecule has 0 unspecified atom stereocenters. The van der Waals surface area contributed by atoms with E-state index >= 15 is 0 Å². The first-order chi connectivity index (χ1) is 12.6. The lowest BCUT2D eigenvalue weighted by atomic mass is 9.79. The lowest BCUT2D eigenvalue weighted by Crippen LogP contribution is -2.64. The minimum atomic E-state index is -0.211. The largest absolute Gasteiger partial charge is 0.372 e. The van der Waals surface area contributed by atoms with Gasteiger partial charge in [-0.05, 0) is 31.7 Å². The number of nitrogens with zero attached hydrogens (tertiary/aromatic N) is 4. The SMILES string of the molecule is Cc1cc(CN2CC3(C2)OCC[C@@H]3CCNC(=O)c2ccno2)n(C)n1. The zero-order valence-corrected chi connectivity index (χ0v) is 15.3. The van der Waals surface area contributed by atoms with E-state index < -0.39 is 0 Å². The lowest BCUT2D eigenvalue weighted by Gasteiger charge is -2.50. The van der Waals surface area contributed by atoms with Crippen molar-refractivity contribution in [2.24, 2.45) is 13.0 Å². The zero-order valence-electron chi connectivity index (χ0n) is 15.3. The molecular weight excluding hydrogens is 334 g/mol. The van der Waals surface area contributed by atoms with Crippen molar-refractivity contribution in [3.8, 4) is 0 Å². The number of carbonyl (C=O) groups excluding carboxylic acids is 1. The molecule has 0 bridgehead atoms. The molecular formula is C18H25N5O3. The van der Waals surface area contributed by atoms with Crippen LogP contribution in [-0.2, 0) is 18.3 Å². The Bertz CT molecular complexity index is 764. The van der Waals surface area contributed by atoms with Gasteiger partial charge in [0.05, 0.1) is 23.2 Å². The zero-order chi connectivity index (χ0) is 18.1. The number of carbonyl (C=O) groups is 1. The summed E-state index contributed by atoms with van der Waals surface area (Å²) >= 11 is 0. The summed E-state index contributed by atoms with van der Waals surface area (Å²) in [5, 5.41) is 10.9. The molecule has 0 aromatic carbocycles. The fourth-order valence-corrected chi connectivity index (χ4v) is 4.19. The summed E-state index contributed by atoms with van der Waals surface area (Å²) in [4.78, 5) is 14.3. The molecule has 8 nitrogen and oxygen atoms in total. The van der Waals surface area contributed by atoms with E-state index in [1.54, 1.807) is 6.07 Å². The number of hydrogen-bond donors (Lipinski definition) is 1. The summed E-state index contributed by atoms with van der Waals surface area (Å²) in [6, 6.07) is 3.70. The third kappa shape index (κ3) is 3.26. The van der Waals surface area contributed by atoms with Gasteiger partial charge in [-0.25, -0.2) is 0 Å². The number of amides is 1. The molecule has 2 aliphatic heterocycles. The number of rotatable bonds is 6. The summed E-state index contributed by atoms with van der Waals surface area (Å²) in [5.74, 6) is 0.517. The van der Waals surface area contributed by atoms with Gasteiger partial charge in [-0.3, -0.25) is 14.4 Å². The van der Waals surface area contributed by atoms with Crippen molar-refractivity contribution in [2.45, 2.75) is 31.9 Å². The van der Waals surface area contributed by atoms with Gasteiger partial charge in [-0.15, -0.1) is 0 Å². The Morgan fingerprint density at radius 3 is 3.00 bits per heavy atom. The van der Waals surface area contributed by atoms with Crippen LogP contribution in [0.4, 0.5) is 0 Å². The van der Waals surface area contributed by atoms with Crippen molar-refractivity contribution in [2.75, 3.05) is 26.2 Å². The van der Waals surface area contributed by atoms with E-state index in [1.807, 2.05) is 18.7 Å². The number of nitrogens with one attached hydrogen (secondary N) is 1. The molecule has 26 heavy (non-hydrogen) atoms. The number of likely N-dealkylation sites (tertiary alicyclic amines) is 1. The maximum atomic E-state index is 11.9. The third-order valence-corrected chi connectivity index (χ3v) is 5.51. The highest BCUT2D eigenvalue weighted by atomic mass is 16.5. The van der Waals surface area contributed by atoms with Gasteiger partial charge < -0.3 is 14.6 Å². The monoisotopic (exact) mass is 359 g/mol. The van der Waals surface area contributed by atoms with Crippen LogP contribution in [0.2, 0.25) is 0 Å². The van der Waals surface area contributed by atoms with Crippen molar-refractivity contribution in [3.63, 3.8) is 0 Å². The molecule has 8 heteroatoms. The second-order valence-corrected chi connectivity index (χ2v) is 7.37. The molecule has 2 aromatic rings. The molecule has 2 saturated heterocycles. The molecule has 1 amide bonds. The molecule has 1 spiro atoms. The van der Waals surface area contributed by atoms with E-state index in [1.165, 1.54) is 11.9 Å². The van der Waals surface area contributed by atoms with Crippen molar-refractivity contribution >= 4 is 5.91 Å². The van der Waals surface area contributed by atoms with Crippen LogP contribution in [0.1, 0.15) is 34.8 Å². The van der Waals surface area contributed by atoms with Gasteiger partial charge in [0, 0.05) is 45.9 Å². The van der Waals surface area contributed by atoms with Crippen molar-refractivity contribution in [3.05, 3.63) is 35.5 Å². The van der Waals surface area contributed by atoms with Gasteiger partial charge in [-0.2, -0.15) is 5.10 Å². The standard InChI is InChI=1S/C18H25N5O3/c1-13-9-15(22(2)21-13)10-23-11-18(12-23)14(5-8-25-18)3-6-19-17(24)16-4-7-20-26-16/h4,7,9,14H,3,5-6,8,10-12H2,1-2H3,(H,19,24)/t14-/m0/s1. The smallest absolute Gasteiger partial charge is 0.289 e. The highest BCUT2D eigenvalue weighted by Crippen LogP contribution is 2.42. The van der Waals surface area contributed by atoms with Crippen LogP contribution < -0.4 is 5.32 Å². The highest BCUT2D eigenvalue weighted by molar-refractivity contribution is 5.91. The summed E-state index contributed by atoms with van der Waals surface area (Å²) in [6.45, 7) is 6.23. The number of aromatic nitrogens is 3. The van der Waals surface area contributed by atoms with Crippen molar-refractivity contribution in [1.29, 1.82) is 0 Å². The molecule has 0 radical (unpaired) electrons. The molecule has 4 heterocycles. The van der Waals surface area contributed by atoms with Crippen LogP contribution in [0.15, 0.2) is 22.9 Å². The molecule has 1 atom stereocenters. The average Bonchev–Trinajstić information content (AvgIpc) is 3.28. The summed E-state index contributed by atoms with van der Waals surface area (Å²) < 4.78 is 12.9. The minimum Gasteiger partial charge on any atom is -0.372 e. The number of aryl methyl sites for hydroxylation is 2. The maximum Gasteiger partial charge on any atom is 0.289 e. The molecule has 4 rings (SSSR count). The van der Waals surface area contributed by atoms with Gasteiger partial charge in [-0.1, -0.05) is 5.16 Å². The normalized spacial score (nSPS) is 21.8. The predicted molar refractivity (Wildman–Crippen MR) is 93.5 cm³/mol. The van der Waals surface area contributed by atoms with Crippen LogP contribution in [0.25, 0.3) is 0 Å². The van der Waals surface area contributed by atoms with Gasteiger partial charge >= 0.3 is 0 Å². The van der Waals surface area contributed by atoms with E-state index in [9.17, 15) is 4.79 Å². The first-order valence-corrected chi connectivity index (χ1v) is 9.10. The summed E-state index contributed by atoms with van der Waals surface area (Å²) in [6.07, 6.45) is 3.44. The number of ether oxygens (including phenoxy) is 1. The molecule has 2 aromatic heterocycles. The van der Waals surface area contributed by atoms with Gasteiger partial charge in [0.15, 0.2) is 0 Å². The maximum absolute atomic E-state index is 11.9. The molecule has 1 N–H and O–H groups in total. The molecule has 2 fully saturated rings. The van der Waals surface area contributed by atoms with Crippen molar-refractivity contribution < 1.29 is 14.1 Å². The third-order valence-electron chi connectivity index (χ3n) is 5.51. The minimum absolute atomic E-state index is 0.0510. The molecule has 2 aliphatic rings. The van der Waals surface area contributed by atoms with Crippen LogP contribution in [0.3, 0.4) is 0 Å². The van der Waals surface area contributed by atoms with Gasteiger partial charge in [0.2, 0.25) is 5.76 Å². The van der Waals surface area contributed by atoms with Crippen LogP contribution in [-0.4, -0.2) is 57.6 Å². The Kier molecular flexibility index (Phi) is 4.54. The van der Waals surface area contributed by atoms with Crippen LogP contribution >= 0.6 is 0 Å². The van der Waals surface area contributed by atoms with E-state index in [4.69, 9.17) is 9.26 Å². The fraction of sp³-hybridized carbons (Fsp3) is 0.611. The van der Waals surface area contributed by atoms with Crippen LogP contribution in [0, 0.1) is 12.8 Å². The Hall–Kier alpha value is -2.19. The van der Waals surface area contributed by atoms with E-state index in [0.717, 1.165) is 44.8 Å². The van der Waals surface area contributed by atoms with E-state index in [0.29, 0.717) is 12.5 Å². The van der Waals surface area contributed by atoms with Gasteiger partial charge in [0.25, 0.3) is 5.91 Å². The Labute approximate surface area is 152 Å². The Morgan fingerprint density at radius 1 is 1.46 bits per heavy atom. The summed E-state index contributed by atoms with van der Waals surface area (Å²) in [5.41, 5.74) is 2.23. The first-order valence-electron chi connectivity index (χ1n) is 9.10. The first kappa shape index (κ1) is 17.2. The second-order valence-electron chi connectivity index (χ2n) is 7.37. The fourth-order valence-electron chi connectivity index (χ4n) is 4.19. The van der Waals surface area contributed by atoms with Crippen LogP contribution in [0.5, 0.6) is 0 Å². The lowest BCUT2D eigenvalue weighted by molar-refractivity contribution is -0.137. The molecule has 0 saturated carbocycles. The van der Waals surface area contributed by atoms with E-state index in [2.05, 4.69) is 26.5 Å². The quantitative estimate of drug-likeness (QED) is 0.832. The second kappa shape index (κ2) is 6.85. The van der Waals surface area contributed by atoms with E-state index in [-0.39, 0.29) is 17.3 Å². The van der Waals surface area contributed by atoms with Gasteiger partial charge in [0.1, 0.15) is 0 Å².